The maximum Gasteiger partial charge on any atom is 0.270 e. The van der Waals surface area contributed by atoms with Gasteiger partial charge in [-0.05, 0) is 18.2 Å². The normalized spacial score (nSPS) is 12.7. The van der Waals surface area contributed by atoms with E-state index in [9.17, 15) is 24.5 Å². The fourth-order valence-corrected chi connectivity index (χ4v) is 2.79. The third kappa shape index (κ3) is 3.10. The lowest BCUT2D eigenvalue weighted by molar-refractivity contribution is -0.384. The molecule has 2 amide bonds. The summed E-state index contributed by atoms with van der Waals surface area (Å²) < 4.78 is 10.2. The molecule has 0 N–H and O–H groups in total. The molecule has 27 heavy (non-hydrogen) atoms. The van der Waals surface area contributed by atoms with Crippen LogP contribution in [0, 0.1) is 10.1 Å². The fourth-order valence-electron chi connectivity index (χ4n) is 2.79. The van der Waals surface area contributed by atoms with Crippen LogP contribution in [0.5, 0.6) is 11.5 Å². The molecule has 0 saturated heterocycles. The number of methoxy groups -OCH3 is 2. The number of nitro benzene ring substituents is 1. The van der Waals surface area contributed by atoms with Gasteiger partial charge in [0.2, 0.25) is 0 Å². The molecule has 0 spiro atoms. The van der Waals surface area contributed by atoms with Crippen LogP contribution in [0.15, 0.2) is 36.4 Å². The van der Waals surface area contributed by atoms with Crippen molar-refractivity contribution in [2.45, 2.75) is 0 Å². The molecule has 3 rings (SSSR count). The molecule has 0 aromatic heterocycles. The molecule has 1 heterocycles. The van der Waals surface area contributed by atoms with Crippen LogP contribution in [0.25, 0.3) is 0 Å². The Hall–Kier alpha value is -3.75. The van der Waals surface area contributed by atoms with E-state index in [1.165, 1.54) is 32.4 Å². The zero-order valence-electron chi connectivity index (χ0n) is 14.4. The molecular weight excluding hydrogens is 356 g/mol. The molecule has 0 fully saturated rings. The Balaban J connectivity index is 1.88. The van der Waals surface area contributed by atoms with E-state index in [1.54, 1.807) is 6.07 Å². The summed E-state index contributed by atoms with van der Waals surface area (Å²) in [6, 6.07) is 7.94. The van der Waals surface area contributed by atoms with Crippen LogP contribution in [0.4, 0.5) is 5.69 Å². The number of benzene rings is 2. The van der Waals surface area contributed by atoms with E-state index in [2.05, 4.69) is 0 Å². The van der Waals surface area contributed by atoms with Crippen molar-refractivity contribution in [2.75, 3.05) is 20.8 Å². The molecular formula is C18H14N2O7. The highest BCUT2D eigenvalue weighted by Gasteiger charge is 2.38. The van der Waals surface area contributed by atoms with Gasteiger partial charge in [-0.3, -0.25) is 29.4 Å². The van der Waals surface area contributed by atoms with Crippen molar-refractivity contribution in [3.8, 4) is 11.5 Å². The van der Waals surface area contributed by atoms with Crippen LogP contribution < -0.4 is 9.47 Å². The molecule has 0 bridgehead atoms. The summed E-state index contributed by atoms with van der Waals surface area (Å²) in [5.41, 5.74) is -0.190. The van der Waals surface area contributed by atoms with Gasteiger partial charge in [-0.15, -0.1) is 0 Å². The summed E-state index contributed by atoms with van der Waals surface area (Å²) >= 11 is 0. The number of ketones is 1. The largest absolute Gasteiger partial charge is 0.497 e. The zero-order valence-corrected chi connectivity index (χ0v) is 14.4. The maximum absolute atomic E-state index is 12.6. The second kappa shape index (κ2) is 6.87. The first-order valence-corrected chi connectivity index (χ1v) is 7.77. The number of non-ortho nitro benzene ring substituents is 1. The molecule has 2 aromatic rings. The summed E-state index contributed by atoms with van der Waals surface area (Å²) in [5, 5.41) is 10.9. The lowest BCUT2D eigenvalue weighted by Crippen LogP contribution is -2.35. The number of hydrogen-bond donors (Lipinski definition) is 0. The third-order valence-electron chi connectivity index (χ3n) is 4.18. The van der Waals surface area contributed by atoms with Crippen molar-refractivity contribution < 1.29 is 28.8 Å². The van der Waals surface area contributed by atoms with Gasteiger partial charge in [0.1, 0.15) is 11.5 Å². The van der Waals surface area contributed by atoms with E-state index < -0.39 is 29.1 Å². The minimum absolute atomic E-state index is 0.0279. The molecule has 0 unspecified atom stereocenters. The summed E-state index contributed by atoms with van der Waals surface area (Å²) in [6.07, 6.45) is 0. The van der Waals surface area contributed by atoms with E-state index in [1.807, 2.05) is 0 Å². The van der Waals surface area contributed by atoms with Crippen LogP contribution in [0.3, 0.4) is 0 Å². The van der Waals surface area contributed by atoms with Gasteiger partial charge in [-0.2, -0.15) is 0 Å². The molecule has 9 nitrogen and oxygen atoms in total. The Bertz CT molecular complexity index is 984. The maximum atomic E-state index is 12.6. The zero-order chi connectivity index (χ0) is 19.7. The number of hydrogen-bond acceptors (Lipinski definition) is 7. The lowest BCUT2D eigenvalue weighted by Gasteiger charge is -2.14. The van der Waals surface area contributed by atoms with Gasteiger partial charge >= 0.3 is 0 Å². The van der Waals surface area contributed by atoms with E-state index in [0.29, 0.717) is 5.75 Å². The number of amides is 2. The second-order valence-electron chi connectivity index (χ2n) is 5.67. The van der Waals surface area contributed by atoms with Crippen LogP contribution in [0.1, 0.15) is 31.1 Å². The van der Waals surface area contributed by atoms with Crippen molar-refractivity contribution in [3.05, 3.63) is 63.2 Å². The van der Waals surface area contributed by atoms with Crippen LogP contribution in [-0.2, 0) is 0 Å². The van der Waals surface area contributed by atoms with E-state index in [4.69, 9.17) is 9.47 Å². The lowest BCUT2D eigenvalue weighted by atomic mass is 10.1. The molecule has 0 aliphatic carbocycles. The number of carbonyl (C=O) groups excluding carboxylic acids is 3. The van der Waals surface area contributed by atoms with Crippen molar-refractivity contribution in [2.24, 2.45) is 0 Å². The number of nitro groups is 1. The van der Waals surface area contributed by atoms with Crippen LogP contribution in [-0.4, -0.2) is 48.2 Å². The van der Waals surface area contributed by atoms with Gasteiger partial charge in [-0.25, -0.2) is 0 Å². The quantitative estimate of drug-likeness (QED) is 0.331. The smallest absolute Gasteiger partial charge is 0.270 e. The number of Topliss-reactive ketones (excluding diaryl/α,β-unsaturated/α-hetero) is 1. The standard InChI is InChI=1S/C18H14N2O7/c1-26-11-4-6-13(16(8-11)27-2)15(21)9-19-17(22)12-5-3-10(20(24)25)7-14(12)18(19)23/h3-8H,9H2,1-2H3. The molecule has 1 aliphatic rings. The minimum atomic E-state index is -0.750. The van der Waals surface area contributed by atoms with Gasteiger partial charge in [0, 0.05) is 18.2 Å². The number of nitrogens with zero attached hydrogens (tertiary/aromatic N) is 2. The number of ether oxygens (including phenoxy) is 2. The van der Waals surface area contributed by atoms with Crippen molar-refractivity contribution in [3.63, 3.8) is 0 Å². The summed E-state index contributed by atoms with van der Waals surface area (Å²) in [4.78, 5) is 48.5. The van der Waals surface area contributed by atoms with Crippen molar-refractivity contribution in [1.29, 1.82) is 0 Å². The Morgan fingerprint density at radius 3 is 2.37 bits per heavy atom. The highest BCUT2D eigenvalue weighted by atomic mass is 16.6. The minimum Gasteiger partial charge on any atom is -0.497 e. The molecule has 9 heteroatoms. The molecule has 138 valence electrons. The number of carbonyl (C=O) groups is 3. The van der Waals surface area contributed by atoms with Crippen molar-refractivity contribution >= 4 is 23.3 Å². The monoisotopic (exact) mass is 370 g/mol. The average molecular weight is 370 g/mol. The van der Waals surface area contributed by atoms with Gasteiger partial charge in [0.15, 0.2) is 5.78 Å². The van der Waals surface area contributed by atoms with Crippen LogP contribution >= 0.6 is 0 Å². The predicted octanol–water partition coefficient (Wildman–Crippen LogP) is 2.09. The predicted molar refractivity (Wildman–Crippen MR) is 92.3 cm³/mol. The Kier molecular flexibility index (Phi) is 4.59. The summed E-state index contributed by atoms with van der Waals surface area (Å²) in [6.45, 7) is -0.511. The van der Waals surface area contributed by atoms with Crippen molar-refractivity contribution in [1.82, 2.24) is 4.90 Å². The third-order valence-corrected chi connectivity index (χ3v) is 4.18. The molecule has 0 atom stereocenters. The van der Waals surface area contributed by atoms with Gasteiger partial charge in [-0.1, -0.05) is 0 Å². The Labute approximate surface area is 153 Å². The first-order valence-electron chi connectivity index (χ1n) is 7.77. The summed E-state index contributed by atoms with van der Waals surface area (Å²) in [5.74, 6) is -1.22. The van der Waals surface area contributed by atoms with Crippen LogP contribution in [0.2, 0.25) is 0 Å². The highest BCUT2D eigenvalue weighted by Crippen LogP contribution is 2.29. The fraction of sp³-hybridized carbons (Fsp3) is 0.167. The van der Waals surface area contributed by atoms with E-state index in [0.717, 1.165) is 17.0 Å². The first kappa shape index (κ1) is 18.1. The number of fused-ring (bicyclic) bond motifs is 1. The Morgan fingerprint density at radius 2 is 1.74 bits per heavy atom. The average Bonchev–Trinajstić information content (AvgIpc) is 2.91. The molecule has 0 saturated carbocycles. The van der Waals surface area contributed by atoms with E-state index >= 15 is 0 Å². The SMILES string of the molecule is COc1ccc(C(=O)CN2C(=O)c3ccc([N+](=O)[O-])cc3C2=O)c(OC)c1. The summed E-state index contributed by atoms with van der Waals surface area (Å²) in [7, 11) is 2.85. The molecule has 0 radical (unpaired) electrons. The topological polar surface area (TPSA) is 116 Å². The molecule has 2 aromatic carbocycles. The Morgan fingerprint density at radius 1 is 1.04 bits per heavy atom. The first-order chi connectivity index (χ1) is 12.9. The van der Waals surface area contributed by atoms with E-state index in [-0.39, 0.29) is 28.1 Å². The number of rotatable bonds is 6. The second-order valence-corrected chi connectivity index (χ2v) is 5.67. The van der Waals surface area contributed by atoms with Gasteiger partial charge < -0.3 is 9.47 Å². The van der Waals surface area contributed by atoms with Gasteiger partial charge in [0.05, 0.1) is 42.4 Å². The van der Waals surface area contributed by atoms with Gasteiger partial charge in [0.25, 0.3) is 17.5 Å². The number of imide groups is 1. The molecule has 1 aliphatic heterocycles. The highest BCUT2D eigenvalue weighted by molar-refractivity contribution is 6.23.